The van der Waals surface area contributed by atoms with Crippen molar-refractivity contribution in [2.75, 3.05) is 45.2 Å². The molecule has 0 aromatic heterocycles. The Balaban J connectivity index is 1.44. The van der Waals surface area contributed by atoms with Crippen molar-refractivity contribution >= 4 is 29.4 Å². The summed E-state index contributed by atoms with van der Waals surface area (Å²) in [5.41, 5.74) is 0.564. The average molecular weight is 633 g/mol. The molecule has 46 heavy (non-hydrogen) atoms. The fourth-order valence-corrected chi connectivity index (χ4v) is 6.61. The van der Waals surface area contributed by atoms with Crippen molar-refractivity contribution < 1.29 is 28.3 Å². The van der Waals surface area contributed by atoms with Crippen LogP contribution in [0, 0.1) is 22.6 Å². The van der Waals surface area contributed by atoms with E-state index >= 15 is 0 Å². The fraction of sp³-hybridized carbons (Fsp3) is 0.500. The molecule has 0 saturated carbocycles. The molecule has 5 rings (SSSR count). The normalized spacial score (nSPS) is 22.1. The molecule has 4 atom stereocenters. The average Bonchev–Trinajstić information content (AvgIpc) is 3.57. The zero-order valence-electron chi connectivity index (χ0n) is 26.7. The third kappa shape index (κ3) is 6.70. The molecule has 1 spiro atoms. The number of ether oxygens (including phenoxy) is 1. The van der Waals surface area contributed by atoms with Gasteiger partial charge in [0.15, 0.2) is 0 Å². The highest BCUT2D eigenvalue weighted by Crippen LogP contribution is 2.46. The van der Waals surface area contributed by atoms with E-state index in [1.165, 1.54) is 29.0 Å². The number of halogens is 1. The Bertz CT molecular complexity index is 1530. The molecular weight excluding hydrogens is 591 g/mol. The lowest BCUT2D eigenvalue weighted by molar-refractivity contribution is -0.147. The molecule has 0 bridgehead atoms. The Kier molecular flexibility index (Phi) is 9.35. The number of fused-ring (bicyclic) bond motifs is 2. The number of morpholine rings is 1. The van der Waals surface area contributed by atoms with Gasteiger partial charge in [-0.3, -0.25) is 14.4 Å². The number of likely N-dealkylation sites (tertiary alicyclic amines) is 1. The molecule has 2 aromatic carbocycles. The number of nitriles is 1. The molecule has 11 nitrogen and oxygen atoms in total. The van der Waals surface area contributed by atoms with E-state index in [4.69, 9.17) is 4.74 Å². The molecule has 1 unspecified atom stereocenters. The molecule has 0 aliphatic carbocycles. The number of urea groups is 1. The maximum absolute atomic E-state index is 14.5. The standard InChI is InChI=1S/C34H41FN6O5/c1-33(2,3)19-28(30(43)41-21-34(18-24(41)20-36)25-7-5-6-8-26(25)37-31(34)44)39(4)29(42)27(17-22-9-11-23(35)12-10-22)38-32(45)40-13-15-46-16-14-40/h5-12,24,27-28H,13-19,21H2,1-4H3,(H,37,44)(H,38,45)/t24-,27?,28-,34-/m0/s1. The Morgan fingerprint density at radius 1 is 1.15 bits per heavy atom. The van der Waals surface area contributed by atoms with E-state index in [0.717, 1.165) is 5.56 Å². The van der Waals surface area contributed by atoms with Gasteiger partial charge < -0.3 is 30.1 Å². The monoisotopic (exact) mass is 632 g/mol. The molecule has 2 fully saturated rings. The van der Waals surface area contributed by atoms with Gasteiger partial charge in [0.2, 0.25) is 17.7 Å². The Hall–Kier alpha value is -4.50. The van der Waals surface area contributed by atoms with E-state index in [2.05, 4.69) is 16.7 Å². The van der Waals surface area contributed by atoms with Gasteiger partial charge in [0.25, 0.3) is 0 Å². The number of hydrogen-bond acceptors (Lipinski definition) is 6. The van der Waals surface area contributed by atoms with E-state index in [-0.39, 0.29) is 31.7 Å². The van der Waals surface area contributed by atoms with Crippen molar-refractivity contribution in [2.24, 2.45) is 5.41 Å². The number of nitrogens with zero attached hydrogens (tertiary/aromatic N) is 4. The number of carbonyl (C=O) groups excluding carboxylic acids is 4. The summed E-state index contributed by atoms with van der Waals surface area (Å²) in [6.45, 7) is 7.36. The molecule has 244 valence electrons. The second-order valence-corrected chi connectivity index (χ2v) is 13.6. The molecule has 2 N–H and O–H groups in total. The van der Waals surface area contributed by atoms with Crippen LogP contribution in [-0.2, 0) is 31.0 Å². The molecule has 12 heteroatoms. The highest BCUT2D eigenvalue weighted by atomic mass is 19.1. The second-order valence-electron chi connectivity index (χ2n) is 13.6. The first-order chi connectivity index (χ1) is 21.8. The molecule has 2 aromatic rings. The summed E-state index contributed by atoms with van der Waals surface area (Å²) in [6, 6.07) is 11.8. The third-order valence-electron chi connectivity index (χ3n) is 9.07. The van der Waals surface area contributed by atoms with Crippen LogP contribution in [0.1, 0.15) is 44.7 Å². The Labute approximate surface area is 268 Å². The third-order valence-corrected chi connectivity index (χ3v) is 9.07. The first-order valence-electron chi connectivity index (χ1n) is 15.6. The van der Waals surface area contributed by atoms with E-state index in [1.54, 1.807) is 23.1 Å². The second kappa shape index (κ2) is 13.1. The van der Waals surface area contributed by atoms with Crippen LogP contribution in [0.2, 0.25) is 0 Å². The van der Waals surface area contributed by atoms with Crippen molar-refractivity contribution in [1.82, 2.24) is 20.0 Å². The first-order valence-corrected chi connectivity index (χ1v) is 15.6. The first kappa shape index (κ1) is 32.9. The van der Waals surface area contributed by atoms with Crippen molar-refractivity contribution in [3.05, 3.63) is 65.5 Å². The minimum atomic E-state index is -1.07. The number of nitrogens with one attached hydrogen (secondary N) is 2. The summed E-state index contributed by atoms with van der Waals surface area (Å²) in [4.78, 5) is 59.7. The maximum Gasteiger partial charge on any atom is 0.318 e. The number of rotatable bonds is 7. The van der Waals surface area contributed by atoms with Crippen LogP contribution in [0.3, 0.4) is 0 Å². The van der Waals surface area contributed by atoms with Crippen LogP contribution in [-0.4, -0.2) is 96.5 Å². The topological polar surface area (TPSA) is 135 Å². The van der Waals surface area contributed by atoms with Crippen molar-refractivity contribution in [3.63, 3.8) is 0 Å². The van der Waals surface area contributed by atoms with Crippen LogP contribution >= 0.6 is 0 Å². The number of amides is 5. The lowest BCUT2D eigenvalue weighted by Gasteiger charge is -2.37. The van der Waals surface area contributed by atoms with Crippen LogP contribution in [0.25, 0.3) is 0 Å². The molecule has 3 heterocycles. The predicted octanol–water partition coefficient (Wildman–Crippen LogP) is 3.06. The highest BCUT2D eigenvalue weighted by Gasteiger charge is 2.57. The summed E-state index contributed by atoms with van der Waals surface area (Å²) in [5.74, 6) is -1.62. The lowest BCUT2D eigenvalue weighted by atomic mass is 9.80. The van der Waals surface area contributed by atoms with Crippen LogP contribution < -0.4 is 10.6 Å². The Morgan fingerprint density at radius 3 is 2.48 bits per heavy atom. The minimum Gasteiger partial charge on any atom is -0.378 e. The van der Waals surface area contributed by atoms with Gasteiger partial charge >= 0.3 is 6.03 Å². The molecule has 3 aliphatic rings. The Morgan fingerprint density at radius 2 is 1.83 bits per heavy atom. The van der Waals surface area contributed by atoms with Crippen molar-refractivity contribution in [1.29, 1.82) is 5.26 Å². The smallest absolute Gasteiger partial charge is 0.318 e. The largest absolute Gasteiger partial charge is 0.378 e. The number of benzene rings is 2. The highest BCUT2D eigenvalue weighted by molar-refractivity contribution is 6.07. The quantitative estimate of drug-likeness (QED) is 0.482. The number of carbonyl (C=O) groups is 4. The van der Waals surface area contributed by atoms with Crippen molar-refractivity contribution in [3.8, 4) is 6.07 Å². The van der Waals surface area contributed by atoms with Gasteiger partial charge in [-0.25, -0.2) is 9.18 Å². The summed E-state index contributed by atoms with van der Waals surface area (Å²) in [7, 11) is 1.53. The number of para-hydroxylation sites is 1. The maximum atomic E-state index is 14.5. The molecule has 3 aliphatic heterocycles. The number of likely N-dealkylation sites (N-methyl/N-ethyl adjacent to an activating group) is 1. The predicted molar refractivity (Wildman–Crippen MR) is 168 cm³/mol. The summed E-state index contributed by atoms with van der Waals surface area (Å²) < 4.78 is 19.0. The summed E-state index contributed by atoms with van der Waals surface area (Å²) in [5, 5.41) is 15.9. The van der Waals surface area contributed by atoms with Gasteiger partial charge in [0.1, 0.15) is 23.9 Å². The van der Waals surface area contributed by atoms with Crippen LogP contribution in [0.15, 0.2) is 48.5 Å². The van der Waals surface area contributed by atoms with Crippen molar-refractivity contribution in [2.45, 2.75) is 63.6 Å². The summed E-state index contributed by atoms with van der Waals surface area (Å²) in [6.07, 6.45) is 0.473. The SMILES string of the molecule is CN(C(=O)C(Cc1ccc(F)cc1)NC(=O)N1CCOCC1)[C@@H](CC(C)(C)C)C(=O)N1C[C@]2(C[C@H]1C#N)C(=O)Nc1ccccc12. The van der Waals surface area contributed by atoms with Gasteiger partial charge in [0.05, 0.1) is 24.7 Å². The van der Waals surface area contributed by atoms with Gasteiger partial charge in [-0.05, 0) is 41.2 Å². The van der Waals surface area contributed by atoms with E-state index < -0.39 is 52.6 Å². The number of anilines is 1. The molecule has 5 amide bonds. The van der Waals surface area contributed by atoms with Crippen LogP contribution in [0.5, 0.6) is 0 Å². The zero-order chi connectivity index (χ0) is 33.2. The van der Waals surface area contributed by atoms with Gasteiger partial charge in [-0.2, -0.15) is 5.26 Å². The minimum absolute atomic E-state index is 0.00234. The van der Waals surface area contributed by atoms with Gasteiger partial charge in [0, 0.05) is 45.2 Å². The van der Waals surface area contributed by atoms with Gasteiger partial charge in [-0.1, -0.05) is 51.1 Å². The molecule has 2 saturated heterocycles. The lowest BCUT2D eigenvalue weighted by Crippen LogP contribution is -2.58. The zero-order valence-corrected chi connectivity index (χ0v) is 26.7. The number of hydrogen-bond donors (Lipinski definition) is 2. The van der Waals surface area contributed by atoms with E-state index in [0.29, 0.717) is 37.6 Å². The van der Waals surface area contributed by atoms with E-state index in [1.807, 2.05) is 39.0 Å². The molecule has 0 radical (unpaired) electrons. The van der Waals surface area contributed by atoms with Crippen LogP contribution in [0.4, 0.5) is 14.9 Å². The van der Waals surface area contributed by atoms with E-state index in [9.17, 15) is 28.8 Å². The van der Waals surface area contributed by atoms with Gasteiger partial charge in [-0.15, -0.1) is 0 Å². The fourth-order valence-electron chi connectivity index (χ4n) is 6.61. The summed E-state index contributed by atoms with van der Waals surface area (Å²) >= 11 is 0. The molecular formula is C34H41FN6O5.